The lowest BCUT2D eigenvalue weighted by molar-refractivity contribution is -0.119. The van der Waals surface area contributed by atoms with Gasteiger partial charge in [0, 0.05) is 11.6 Å². The minimum absolute atomic E-state index is 0.0717. The van der Waals surface area contributed by atoms with Gasteiger partial charge >= 0.3 is 0 Å². The second-order valence-electron chi connectivity index (χ2n) is 5.79. The molecule has 0 aliphatic carbocycles. The zero-order valence-corrected chi connectivity index (χ0v) is 13.1. The summed E-state index contributed by atoms with van der Waals surface area (Å²) in [6.07, 6.45) is 0.491. The zero-order chi connectivity index (χ0) is 16.3. The normalized spacial score (nSPS) is 12.0. The third-order valence-electron chi connectivity index (χ3n) is 3.52. The molecule has 2 aromatic rings. The smallest absolute Gasteiger partial charge is 0.227 e. The van der Waals surface area contributed by atoms with Gasteiger partial charge in [-0.15, -0.1) is 0 Å². The zero-order valence-electron chi connectivity index (χ0n) is 13.1. The molecule has 2 aromatic carbocycles. The van der Waals surface area contributed by atoms with Crippen LogP contribution in [0.3, 0.4) is 0 Å². The topological polar surface area (TPSA) is 69.6 Å². The molecular formula is C18H21NO3. The highest BCUT2D eigenvalue weighted by molar-refractivity contribution is 5.92. The molecule has 0 radical (unpaired) electrons. The first-order valence-electron chi connectivity index (χ1n) is 7.25. The van der Waals surface area contributed by atoms with Crippen molar-refractivity contribution in [3.8, 4) is 11.5 Å². The summed E-state index contributed by atoms with van der Waals surface area (Å²) in [6.45, 7) is 5.82. The average Bonchev–Trinajstić information content (AvgIpc) is 2.41. The monoisotopic (exact) mass is 299 g/mol. The molecule has 1 amide bonds. The quantitative estimate of drug-likeness (QED) is 0.756. The lowest BCUT2D eigenvalue weighted by atomic mass is 9.99. The number of carbonyl (C=O) groups is 1. The van der Waals surface area contributed by atoms with Crippen LogP contribution in [0.15, 0.2) is 36.4 Å². The third-order valence-corrected chi connectivity index (χ3v) is 3.52. The molecule has 0 spiro atoms. The number of nitrogens with one attached hydrogen (secondary N) is 1. The SMILES string of the molecule is Cc1cc(C)cc(NC(=O)C(C)Cc2ccc(O)c(O)c2)c1. The number of aryl methyl sites for hydroxylation is 2. The van der Waals surface area contributed by atoms with E-state index in [1.165, 1.54) is 12.1 Å². The molecule has 0 aromatic heterocycles. The van der Waals surface area contributed by atoms with Gasteiger partial charge in [-0.25, -0.2) is 0 Å². The van der Waals surface area contributed by atoms with E-state index in [-0.39, 0.29) is 23.3 Å². The maximum atomic E-state index is 12.3. The Balaban J connectivity index is 2.04. The van der Waals surface area contributed by atoms with E-state index >= 15 is 0 Å². The number of hydrogen-bond donors (Lipinski definition) is 3. The molecule has 4 nitrogen and oxygen atoms in total. The van der Waals surface area contributed by atoms with Gasteiger partial charge in [-0.2, -0.15) is 0 Å². The van der Waals surface area contributed by atoms with E-state index in [9.17, 15) is 15.0 Å². The van der Waals surface area contributed by atoms with Crippen molar-refractivity contribution in [1.29, 1.82) is 0 Å². The van der Waals surface area contributed by atoms with Crippen molar-refractivity contribution in [1.82, 2.24) is 0 Å². The molecule has 22 heavy (non-hydrogen) atoms. The summed E-state index contributed by atoms with van der Waals surface area (Å²) in [5, 5.41) is 21.7. The Labute approximate surface area is 130 Å². The first-order valence-corrected chi connectivity index (χ1v) is 7.25. The van der Waals surface area contributed by atoms with E-state index in [0.717, 1.165) is 22.4 Å². The molecule has 3 N–H and O–H groups in total. The van der Waals surface area contributed by atoms with Crippen molar-refractivity contribution in [3.63, 3.8) is 0 Å². The maximum absolute atomic E-state index is 12.3. The summed E-state index contributed by atoms with van der Waals surface area (Å²) < 4.78 is 0. The summed E-state index contributed by atoms with van der Waals surface area (Å²) in [7, 11) is 0. The Morgan fingerprint density at radius 3 is 2.27 bits per heavy atom. The summed E-state index contributed by atoms with van der Waals surface area (Å²) in [5.41, 5.74) is 3.80. The van der Waals surface area contributed by atoms with Gasteiger partial charge in [0.2, 0.25) is 5.91 Å². The Bertz CT molecular complexity index is 674. The minimum atomic E-state index is -0.246. The Morgan fingerprint density at radius 1 is 1.05 bits per heavy atom. The lowest BCUT2D eigenvalue weighted by Crippen LogP contribution is -2.22. The molecule has 1 unspecified atom stereocenters. The molecule has 0 heterocycles. The van der Waals surface area contributed by atoms with Gasteiger partial charge in [-0.05, 0) is 61.2 Å². The lowest BCUT2D eigenvalue weighted by Gasteiger charge is -2.13. The molecule has 4 heteroatoms. The highest BCUT2D eigenvalue weighted by Crippen LogP contribution is 2.26. The molecule has 0 aliphatic rings. The van der Waals surface area contributed by atoms with E-state index in [1.54, 1.807) is 6.07 Å². The number of rotatable bonds is 4. The molecular weight excluding hydrogens is 278 g/mol. The molecule has 0 fully saturated rings. The van der Waals surface area contributed by atoms with Crippen LogP contribution in [0.4, 0.5) is 5.69 Å². The fraction of sp³-hybridized carbons (Fsp3) is 0.278. The Kier molecular flexibility index (Phi) is 4.71. The van der Waals surface area contributed by atoms with Crippen molar-refractivity contribution >= 4 is 11.6 Å². The second kappa shape index (κ2) is 6.52. The van der Waals surface area contributed by atoms with Crippen LogP contribution in [-0.2, 0) is 11.2 Å². The second-order valence-corrected chi connectivity index (χ2v) is 5.79. The van der Waals surface area contributed by atoms with Crippen LogP contribution in [0.2, 0.25) is 0 Å². The Hall–Kier alpha value is -2.49. The van der Waals surface area contributed by atoms with Gasteiger partial charge in [-0.3, -0.25) is 4.79 Å². The fourth-order valence-corrected chi connectivity index (χ4v) is 2.45. The molecule has 116 valence electrons. The number of amides is 1. The number of benzene rings is 2. The number of carbonyl (C=O) groups excluding carboxylic acids is 1. The van der Waals surface area contributed by atoms with Crippen LogP contribution in [0.25, 0.3) is 0 Å². The largest absolute Gasteiger partial charge is 0.504 e. The average molecular weight is 299 g/mol. The van der Waals surface area contributed by atoms with E-state index in [2.05, 4.69) is 11.4 Å². The van der Waals surface area contributed by atoms with E-state index in [0.29, 0.717) is 6.42 Å². The van der Waals surface area contributed by atoms with Crippen molar-refractivity contribution in [2.45, 2.75) is 27.2 Å². The van der Waals surface area contributed by atoms with E-state index < -0.39 is 0 Å². The van der Waals surface area contributed by atoms with Crippen LogP contribution < -0.4 is 5.32 Å². The van der Waals surface area contributed by atoms with Crippen LogP contribution >= 0.6 is 0 Å². The fourth-order valence-electron chi connectivity index (χ4n) is 2.45. The molecule has 0 bridgehead atoms. The molecule has 1 atom stereocenters. The van der Waals surface area contributed by atoms with Crippen molar-refractivity contribution < 1.29 is 15.0 Å². The highest BCUT2D eigenvalue weighted by atomic mass is 16.3. The number of phenolic OH excluding ortho intramolecular Hbond substituents is 2. The first kappa shape index (κ1) is 15.9. The van der Waals surface area contributed by atoms with Crippen molar-refractivity contribution in [2.75, 3.05) is 5.32 Å². The summed E-state index contributed by atoms with van der Waals surface area (Å²) in [4.78, 5) is 12.3. The van der Waals surface area contributed by atoms with Crippen LogP contribution in [-0.4, -0.2) is 16.1 Å². The number of hydrogen-bond acceptors (Lipinski definition) is 3. The molecule has 0 saturated heterocycles. The van der Waals surface area contributed by atoms with Gasteiger partial charge in [0.25, 0.3) is 0 Å². The molecule has 0 aliphatic heterocycles. The van der Waals surface area contributed by atoms with Gasteiger partial charge in [-0.1, -0.05) is 19.1 Å². The highest BCUT2D eigenvalue weighted by Gasteiger charge is 2.15. The summed E-state index contributed by atoms with van der Waals surface area (Å²) in [6, 6.07) is 10.5. The number of anilines is 1. The van der Waals surface area contributed by atoms with Crippen LogP contribution in [0.5, 0.6) is 11.5 Å². The molecule has 2 rings (SSSR count). The van der Waals surface area contributed by atoms with Crippen LogP contribution in [0, 0.1) is 19.8 Å². The standard InChI is InChI=1S/C18H21NO3/c1-11-6-12(2)8-15(7-11)19-18(22)13(3)9-14-4-5-16(20)17(21)10-14/h4-8,10,13,20-21H,9H2,1-3H3,(H,19,22). The Morgan fingerprint density at radius 2 is 1.68 bits per heavy atom. The first-order chi connectivity index (χ1) is 10.3. The van der Waals surface area contributed by atoms with E-state index in [4.69, 9.17) is 0 Å². The maximum Gasteiger partial charge on any atom is 0.227 e. The predicted molar refractivity (Wildman–Crippen MR) is 87.2 cm³/mol. The summed E-state index contributed by atoms with van der Waals surface area (Å²) >= 11 is 0. The summed E-state index contributed by atoms with van der Waals surface area (Å²) in [5.74, 6) is -0.641. The van der Waals surface area contributed by atoms with E-state index in [1.807, 2.05) is 32.9 Å². The predicted octanol–water partition coefficient (Wildman–Crippen LogP) is 3.53. The van der Waals surface area contributed by atoms with Gasteiger partial charge in [0.05, 0.1) is 0 Å². The van der Waals surface area contributed by atoms with Gasteiger partial charge in [0.15, 0.2) is 11.5 Å². The number of phenols is 2. The van der Waals surface area contributed by atoms with Crippen LogP contribution in [0.1, 0.15) is 23.6 Å². The van der Waals surface area contributed by atoms with Crippen molar-refractivity contribution in [2.24, 2.45) is 5.92 Å². The van der Waals surface area contributed by atoms with Crippen molar-refractivity contribution in [3.05, 3.63) is 53.1 Å². The minimum Gasteiger partial charge on any atom is -0.504 e. The molecule has 0 saturated carbocycles. The van der Waals surface area contributed by atoms with Gasteiger partial charge < -0.3 is 15.5 Å². The van der Waals surface area contributed by atoms with Gasteiger partial charge in [0.1, 0.15) is 0 Å². The third kappa shape index (κ3) is 4.01. The number of aromatic hydroxyl groups is 2.